The quantitative estimate of drug-likeness (QED) is 0.882. The van der Waals surface area contributed by atoms with E-state index in [1.165, 1.54) is 0 Å². The van der Waals surface area contributed by atoms with E-state index >= 15 is 0 Å². The van der Waals surface area contributed by atoms with Crippen LogP contribution in [0.15, 0.2) is 6.07 Å². The molecule has 0 spiro atoms. The van der Waals surface area contributed by atoms with Gasteiger partial charge in [-0.15, -0.1) is 0 Å². The molecular formula is C19H28N6O. The first-order chi connectivity index (χ1) is 12.4. The highest BCUT2D eigenvalue weighted by atomic mass is 16.2. The van der Waals surface area contributed by atoms with Crippen molar-refractivity contribution in [3.8, 4) is 5.95 Å². The molecule has 7 nitrogen and oxygen atoms in total. The number of aryl methyl sites for hydroxylation is 3. The molecule has 2 aromatic rings. The summed E-state index contributed by atoms with van der Waals surface area (Å²) < 4.78 is 1.76. The molecule has 1 aliphatic rings. The summed E-state index contributed by atoms with van der Waals surface area (Å²) in [5.74, 6) is 0.742. The monoisotopic (exact) mass is 356 g/mol. The molecule has 1 amide bonds. The second-order valence-corrected chi connectivity index (χ2v) is 7.13. The van der Waals surface area contributed by atoms with Gasteiger partial charge in [0.2, 0.25) is 5.91 Å². The Labute approximate surface area is 154 Å². The minimum absolute atomic E-state index is 0.176. The van der Waals surface area contributed by atoms with Crippen molar-refractivity contribution >= 4 is 5.91 Å². The number of hydrogen-bond acceptors (Lipinski definition) is 5. The van der Waals surface area contributed by atoms with Gasteiger partial charge >= 0.3 is 0 Å². The lowest BCUT2D eigenvalue weighted by molar-refractivity contribution is -0.131. The van der Waals surface area contributed by atoms with Gasteiger partial charge in [-0.3, -0.25) is 4.79 Å². The van der Waals surface area contributed by atoms with Crippen molar-refractivity contribution < 1.29 is 4.79 Å². The molecule has 3 rings (SSSR count). The summed E-state index contributed by atoms with van der Waals surface area (Å²) in [5.41, 5.74) is 4.59. The lowest BCUT2D eigenvalue weighted by Gasteiger charge is -2.24. The van der Waals surface area contributed by atoms with Crippen LogP contribution in [0.1, 0.15) is 41.2 Å². The zero-order valence-electron chi connectivity index (χ0n) is 16.3. The molecule has 0 radical (unpaired) electrons. The Hall–Kier alpha value is -2.28. The SMILES string of the molecule is CNCC1CCCN1C(=O)Cc1c(C)nn(-c2nc(C)cc(C)n2)c1C. The van der Waals surface area contributed by atoms with Gasteiger partial charge < -0.3 is 10.2 Å². The van der Waals surface area contributed by atoms with Crippen molar-refractivity contribution in [1.29, 1.82) is 0 Å². The molecule has 0 saturated carbocycles. The van der Waals surface area contributed by atoms with E-state index in [2.05, 4.69) is 20.4 Å². The Morgan fingerprint density at radius 2 is 1.92 bits per heavy atom. The number of nitrogens with zero attached hydrogens (tertiary/aromatic N) is 5. The molecule has 1 aliphatic heterocycles. The smallest absolute Gasteiger partial charge is 0.251 e. The molecule has 140 valence electrons. The van der Waals surface area contributed by atoms with Gasteiger partial charge in [0.1, 0.15) is 0 Å². The molecule has 1 atom stereocenters. The third kappa shape index (κ3) is 3.62. The number of likely N-dealkylation sites (tertiary alicyclic amines) is 1. The van der Waals surface area contributed by atoms with Gasteiger partial charge in [0.25, 0.3) is 5.95 Å². The molecule has 7 heteroatoms. The van der Waals surface area contributed by atoms with E-state index in [1.54, 1.807) is 4.68 Å². The van der Waals surface area contributed by atoms with Crippen LogP contribution in [-0.4, -0.2) is 56.7 Å². The van der Waals surface area contributed by atoms with Crippen LogP contribution in [0.2, 0.25) is 0 Å². The fourth-order valence-electron chi connectivity index (χ4n) is 3.79. The lowest BCUT2D eigenvalue weighted by Crippen LogP contribution is -2.41. The fraction of sp³-hybridized carbons (Fsp3) is 0.579. The highest BCUT2D eigenvalue weighted by molar-refractivity contribution is 5.80. The van der Waals surface area contributed by atoms with Crippen molar-refractivity contribution in [3.05, 3.63) is 34.4 Å². The maximum absolute atomic E-state index is 12.9. The van der Waals surface area contributed by atoms with Crippen molar-refractivity contribution in [2.24, 2.45) is 0 Å². The van der Waals surface area contributed by atoms with E-state index in [0.717, 1.165) is 54.3 Å². The van der Waals surface area contributed by atoms with Crippen molar-refractivity contribution in [2.45, 2.75) is 53.0 Å². The Kier molecular flexibility index (Phi) is 5.36. The zero-order valence-corrected chi connectivity index (χ0v) is 16.3. The predicted octanol–water partition coefficient (Wildman–Crippen LogP) is 1.65. The van der Waals surface area contributed by atoms with Crippen molar-refractivity contribution in [2.75, 3.05) is 20.1 Å². The van der Waals surface area contributed by atoms with Gasteiger partial charge in [0.05, 0.1) is 12.1 Å². The summed E-state index contributed by atoms with van der Waals surface area (Å²) in [6.45, 7) is 9.52. The fourth-order valence-corrected chi connectivity index (χ4v) is 3.79. The Balaban J connectivity index is 1.85. The van der Waals surface area contributed by atoms with E-state index in [-0.39, 0.29) is 5.91 Å². The highest BCUT2D eigenvalue weighted by Gasteiger charge is 2.29. The van der Waals surface area contributed by atoms with Crippen molar-refractivity contribution in [1.82, 2.24) is 30.0 Å². The number of aromatic nitrogens is 4. The number of carbonyl (C=O) groups excluding carboxylic acids is 1. The van der Waals surface area contributed by atoms with Crippen LogP contribution in [0.25, 0.3) is 5.95 Å². The number of hydrogen-bond donors (Lipinski definition) is 1. The molecule has 2 aromatic heterocycles. The van der Waals surface area contributed by atoms with Crippen LogP contribution in [0, 0.1) is 27.7 Å². The van der Waals surface area contributed by atoms with Gasteiger partial charge in [-0.2, -0.15) is 5.10 Å². The summed E-state index contributed by atoms with van der Waals surface area (Å²) >= 11 is 0. The highest BCUT2D eigenvalue weighted by Crippen LogP contribution is 2.21. The van der Waals surface area contributed by atoms with Crippen LogP contribution in [0.5, 0.6) is 0 Å². The first kappa shape index (κ1) is 18.5. The Bertz CT molecular complexity index is 792. The maximum Gasteiger partial charge on any atom is 0.251 e. The molecule has 1 saturated heterocycles. The first-order valence-corrected chi connectivity index (χ1v) is 9.22. The second-order valence-electron chi connectivity index (χ2n) is 7.13. The Morgan fingerprint density at radius 1 is 1.23 bits per heavy atom. The average Bonchev–Trinajstić information content (AvgIpc) is 3.14. The summed E-state index contributed by atoms with van der Waals surface area (Å²) in [7, 11) is 1.93. The van der Waals surface area contributed by atoms with E-state index in [0.29, 0.717) is 18.4 Å². The number of nitrogens with one attached hydrogen (secondary N) is 1. The van der Waals surface area contributed by atoms with Crippen LogP contribution in [0.4, 0.5) is 0 Å². The number of rotatable bonds is 5. The molecule has 0 aliphatic carbocycles. The van der Waals surface area contributed by atoms with Crippen LogP contribution >= 0.6 is 0 Å². The molecule has 0 bridgehead atoms. The molecular weight excluding hydrogens is 328 g/mol. The molecule has 1 unspecified atom stereocenters. The van der Waals surface area contributed by atoms with E-state index in [9.17, 15) is 4.79 Å². The number of amides is 1. The summed E-state index contributed by atoms with van der Waals surface area (Å²) in [5, 5.41) is 7.80. The molecule has 3 heterocycles. The predicted molar refractivity (Wildman–Crippen MR) is 100 cm³/mol. The minimum atomic E-state index is 0.176. The van der Waals surface area contributed by atoms with E-state index in [4.69, 9.17) is 0 Å². The van der Waals surface area contributed by atoms with Gasteiger partial charge in [0, 0.05) is 41.8 Å². The standard InChI is InChI=1S/C19H28N6O/c1-12-9-13(2)22-19(21-12)25-15(4)17(14(3)23-25)10-18(26)24-8-6-7-16(24)11-20-5/h9,16,20H,6-8,10-11H2,1-5H3. The number of carbonyl (C=O) groups is 1. The normalized spacial score (nSPS) is 17.1. The van der Waals surface area contributed by atoms with E-state index in [1.807, 2.05) is 45.7 Å². The molecule has 0 aromatic carbocycles. The zero-order chi connectivity index (χ0) is 18.8. The van der Waals surface area contributed by atoms with Gasteiger partial charge in [-0.25, -0.2) is 14.6 Å². The van der Waals surface area contributed by atoms with Gasteiger partial charge in [-0.1, -0.05) is 0 Å². The molecule has 1 N–H and O–H groups in total. The summed E-state index contributed by atoms with van der Waals surface area (Å²) in [4.78, 5) is 23.9. The van der Waals surface area contributed by atoms with Crippen molar-refractivity contribution in [3.63, 3.8) is 0 Å². The topological polar surface area (TPSA) is 75.9 Å². The molecule has 26 heavy (non-hydrogen) atoms. The van der Waals surface area contributed by atoms with Crippen LogP contribution in [-0.2, 0) is 11.2 Å². The first-order valence-electron chi connectivity index (χ1n) is 9.22. The minimum Gasteiger partial charge on any atom is -0.338 e. The largest absolute Gasteiger partial charge is 0.338 e. The maximum atomic E-state index is 12.9. The van der Waals surface area contributed by atoms with Crippen LogP contribution in [0.3, 0.4) is 0 Å². The lowest BCUT2D eigenvalue weighted by atomic mass is 10.1. The average molecular weight is 356 g/mol. The summed E-state index contributed by atoms with van der Waals surface area (Å²) in [6.07, 6.45) is 2.52. The van der Waals surface area contributed by atoms with E-state index < -0.39 is 0 Å². The third-order valence-electron chi connectivity index (χ3n) is 5.07. The van der Waals surface area contributed by atoms with Gasteiger partial charge in [0.15, 0.2) is 0 Å². The van der Waals surface area contributed by atoms with Crippen LogP contribution < -0.4 is 5.32 Å². The third-order valence-corrected chi connectivity index (χ3v) is 5.07. The van der Waals surface area contributed by atoms with Gasteiger partial charge in [-0.05, 0) is 53.7 Å². The number of likely N-dealkylation sites (N-methyl/N-ethyl adjacent to an activating group) is 1. The second kappa shape index (κ2) is 7.53. The Morgan fingerprint density at radius 3 is 2.58 bits per heavy atom. The summed E-state index contributed by atoms with van der Waals surface area (Å²) in [6, 6.07) is 2.24. The molecule has 1 fully saturated rings.